The van der Waals surface area contributed by atoms with E-state index in [1.54, 1.807) is 0 Å². The smallest absolute Gasteiger partial charge is 0.176 e. The number of carbonyl (C=O) groups is 1. The molecule has 3 aromatic rings. The summed E-state index contributed by atoms with van der Waals surface area (Å²) in [4.78, 5) is 11.9. The molecule has 0 amide bonds. The normalized spacial score (nSPS) is 14.9. The minimum absolute atomic E-state index is 0.00377. The molecule has 106 valence electrons. The van der Waals surface area contributed by atoms with Crippen LogP contribution in [0.4, 0.5) is 0 Å². The Morgan fingerprint density at radius 1 is 1.10 bits per heavy atom. The molecule has 0 unspecified atom stereocenters. The number of aromatic nitrogens is 1. The zero-order valence-corrected chi connectivity index (χ0v) is 11.9. The van der Waals surface area contributed by atoms with E-state index < -0.39 is 0 Å². The molecule has 0 spiro atoms. The lowest BCUT2D eigenvalue weighted by atomic mass is 10.1. The third kappa shape index (κ3) is 2.05. The third-order valence-corrected chi connectivity index (χ3v) is 4.42. The Morgan fingerprint density at radius 3 is 2.62 bits per heavy atom. The van der Waals surface area contributed by atoms with Gasteiger partial charge in [0.05, 0.1) is 6.54 Å². The van der Waals surface area contributed by atoms with Crippen LogP contribution in [0.5, 0.6) is 0 Å². The number of carbonyl (C=O) groups excluding carboxylic acids is 1. The van der Waals surface area contributed by atoms with Crippen molar-refractivity contribution >= 4 is 27.6 Å². The molecule has 0 aliphatic heterocycles. The van der Waals surface area contributed by atoms with Crippen molar-refractivity contribution in [3.63, 3.8) is 0 Å². The summed E-state index contributed by atoms with van der Waals surface area (Å²) in [6.07, 6.45) is 2.66. The maximum atomic E-state index is 11.9. The Balaban J connectivity index is 1.99. The second-order valence-corrected chi connectivity index (χ2v) is 5.93. The second-order valence-electron chi connectivity index (χ2n) is 5.93. The number of ketones is 1. The average molecular weight is 278 g/mol. The third-order valence-electron chi connectivity index (χ3n) is 4.42. The van der Waals surface area contributed by atoms with Crippen LogP contribution < -0.4 is 5.73 Å². The van der Waals surface area contributed by atoms with Crippen molar-refractivity contribution in [3.8, 4) is 0 Å². The van der Waals surface area contributed by atoms with Crippen molar-refractivity contribution in [1.82, 2.24) is 4.57 Å². The van der Waals surface area contributed by atoms with Crippen molar-refractivity contribution in [2.45, 2.75) is 19.4 Å². The molecule has 3 heteroatoms. The van der Waals surface area contributed by atoms with E-state index in [-0.39, 0.29) is 12.3 Å². The van der Waals surface area contributed by atoms with E-state index in [2.05, 4.69) is 34.9 Å². The first-order valence-electron chi connectivity index (χ1n) is 7.52. The van der Waals surface area contributed by atoms with Gasteiger partial charge in [0, 0.05) is 33.9 Å². The zero-order valence-electron chi connectivity index (χ0n) is 11.9. The fourth-order valence-electron chi connectivity index (χ4n) is 3.10. The van der Waals surface area contributed by atoms with Gasteiger partial charge < -0.3 is 10.3 Å². The Morgan fingerprint density at radius 2 is 1.86 bits per heavy atom. The number of nitrogens with zero attached hydrogens (tertiary/aromatic N) is 1. The Labute approximate surface area is 123 Å². The van der Waals surface area contributed by atoms with Gasteiger partial charge in [-0.2, -0.15) is 0 Å². The van der Waals surface area contributed by atoms with E-state index in [1.165, 1.54) is 29.3 Å². The molecule has 1 heterocycles. The number of nitrogens with two attached hydrogens (primary N) is 1. The number of hydrogen-bond donors (Lipinski definition) is 1. The first kappa shape index (κ1) is 12.6. The lowest BCUT2D eigenvalue weighted by Crippen LogP contribution is -2.13. The first-order chi connectivity index (χ1) is 10.3. The topological polar surface area (TPSA) is 48.0 Å². The van der Waals surface area contributed by atoms with Crippen molar-refractivity contribution in [3.05, 3.63) is 48.0 Å². The molecule has 1 aliphatic carbocycles. The van der Waals surface area contributed by atoms with Crippen LogP contribution in [-0.2, 0) is 6.54 Å². The van der Waals surface area contributed by atoms with Crippen molar-refractivity contribution < 1.29 is 4.79 Å². The SMILES string of the molecule is NCC(=O)c1ccc2c(c1)c1ccccc1n2CC1CC1. The van der Waals surface area contributed by atoms with E-state index in [0.29, 0.717) is 5.56 Å². The van der Waals surface area contributed by atoms with Gasteiger partial charge in [0.1, 0.15) is 0 Å². The van der Waals surface area contributed by atoms with Gasteiger partial charge >= 0.3 is 0 Å². The average Bonchev–Trinajstić information content (AvgIpc) is 3.30. The van der Waals surface area contributed by atoms with Gasteiger partial charge in [-0.1, -0.05) is 18.2 Å². The monoisotopic (exact) mass is 278 g/mol. The molecule has 21 heavy (non-hydrogen) atoms. The van der Waals surface area contributed by atoms with Gasteiger partial charge in [-0.05, 0) is 43.0 Å². The Hall–Kier alpha value is -2.13. The summed E-state index contributed by atoms with van der Waals surface area (Å²) in [7, 11) is 0. The maximum Gasteiger partial charge on any atom is 0.176 e. The Bertz CT molecular complexity index is 843. The molecule has 4 rings (SSSR count). The lowest BCUT2D eigenvalue weighted by Gasteiger charge is -2.06. The quantitative estimate of drug-likeness (QED) is 0.744. The molecule has 1 saturated carbocycles. The molecule has 0 saturated heterocycles. The molecule has 0 atom stereocenters. The number of hydrogen-bond acceptors (Lipinski definition) is 2. The highest BCUT2D eigenvalue weighted by atomic mass is 16.1. The van der Waals surface area contributed by atoms with Crippen LogP contribution in [0.15, 0.2) is 42.5 Å². The van der Waals surface area contributed by atoms with E-state index in [9.17, 15) is 4.79 Å². The van der Waals surface area contributed by atoms with Crippen LogP contribution in [0.2, 0.25) is 0 Å². The molecule has 2 N–H and O–H groups in total. The first-order valence-corrected chi connectivity index (χ1v) is 7.52. The van der Waals surface area contributed by atoms with Gasteiger partial charge in [0.15, 0.2) is 5.78 Å². The van der Waals surface area contributed by atoms with Gasteiger partial charge in [0.2, 0.25) is 0 Å². The van der Waals surface area contributed by atoms with Crippen molar-refractivity contribution in [2.75, 3.05) is 6.54 Å². The van der Waals surface area contributed by atoms with Crippen LogP contribution in [0, 0.1) is 5.92 Å². The van der Waals surface area contributed by atoms with E-state index in [1.807, 2.05) is 12.1 Å². The van der Waals surface area contributed by atoms with Crippen LogP contribution in [-0.4, -0.2) is 16.9 Å². The summed E-state index contributed by atoms with van der Waals surface area (Å²) >= 11 is 0. The predicted molar refractivity (Wildman–Crippen MR) is 85.6 cm³/mol. The number of rotatable bonds is 4. The number of Topliss-reactive ketones (excluding diaryl/α,β-unsaturated/α-hetero) is 1. The molecule has 3 nitrogen and oxygen atoms in total. The van der Waals surface area contributed by atoms with Gasteiger partial charge in [0.25, 0.3) is 0 Å². The highest BCUT2D eigenvalue weighted by molar-refractivity contribution is 6.11. The van der Waals surface area contributed by atoms with E-state index in [4.69, 9.17) is 5.73 Å². The van der Waals surface area contributed by atoms with Crippen LogP contribution in [0.1, 0.15) is 23.2 Å². The highest BCUT2D eigenvalue weighted by Crippen LogP contribution is 2.36. The molecule has 0 bridgehead atoms. The van der Waals surface area contributed by atoms with Gasteiger partial charge in [-0.3, -0.25) is 4.79 Å². The van der Waals surface area contributed by atoms with Crippen molar-refractivity contribution in [1.29, 1.82) is 0 Å². The van der Waals surface area contributed by atoms with Gasteiger partial charge in [-0.25, -0.2) is 0 Å². The summed E-state index contributed by atoms with van der Waals surface area (Å²) in [6, 6.07) is 14.4. The molecule has 1 aromatic heterocycles. The summed E-state index contributed by atoms with van der Waals surface area (Å²) in [5.41, 5.74) is 8.67. The standard InChI is InChI=1S/C18H18N2O/c19-10-18(21)13-7-8-17-15(9-13)14-3-1-2-4-16(14)20(17)11-12-5-6-12/h1-4,7-9,12H,5-6,10-11,19H2. The largest absolute Gasteiger partial charge is 0.340 e. The maximum absolute atomic E-state index is 11.9. The van der Waals surface area contributed by atoms with E-state index in [0.717, 1.165) is 17.8 Å². The molecule has 1 aliphatic rings. The van der Waals surface area contributed by atoms with Crippen LogP contribution >= 0.6 is 0 Å². The number of para-hydroxylation sites is 1. The fourth-order valence-corrected chi connectivity index (χ4v) is 3.10. The summed E-state index contributed by atoms with van der Waals surface area (Å²) < 4.78 is 2.40. The lowest BCUT2D eigenvalue weighted by molar-refractivity contribution is 0.100. The molecule has 0 radical (unpaired) electrons. The van der Waals surface area contributed by atoms with Crippen LogP contribution in [0.3, 0.4) is 0 Å². The van der Waals surface area contributed by atoms with Crippen LogP contribution in [0.25, 0.3) is 21.8 Å². The highest BCUT2D eigenvalue weighted by Gasteiger charge is 2.23. The number of benzene rings is 2. The fraction of sp³-hybridized carbons (Fsp3) is 0.278. The minimum Gasteiger partial charge on any atom is -0.340 e. The van der Waals surface area contributed by atoms with Crippen molar-refractivity contribution in [2.24, 2.45) is 11.7 Å². The predicted octanol–water partition coefficient (Wildman–Crippen LogP) is 3.35. The van der Waals surface area contributed by atoms with E-state index >= 15 is 0 Å². The summed E-state index contributed by atoms with van der Waals surface area (Å²) in [6.45, 7) is 1.14. The summed E-state index contributed by atoms with van der Waals surface area (Å²) in [5.74, 6) is 0.810. The minimum atomic E-state index is -0.00377. The molecular weight excluding hydrogens is 260 g/mol. The second kappa shape index (κ2) is 4.71. The number of fused-ring (bicyclic) bond motifs is 3. The molecular formula is C18H18N2O. The molecule has 2 aromatic carbocycles. The summed E-state index contributed by atoms with van der Waals surface area (Å²) in [5, 5.41) is 2.38. The Kier molecular flexibility index (Phi) is 2.82. The van der Waals surface area contributed by atoms with Gasteiger partial charge in [-0.15, -0.1) is 0 Å². The zero-order chi connectivity index (χ0) is 14.4. The molecule has 1 fully saturated rings.